The van der Waals surface area contributed by atoms with E-state index in [1.165, 1.54) is 5.56 Å². The van der Waals surface area contributed by atoms with Crippen molar-refractivity contribution < 1.29 is 4.74 Å². The van der Waals surface area contributed by atoms with Crippen LogP contribution in [0.3, 0.4) is 0 Å². The Balaban J connectivity index is 1.69. The number of benzene rings is 2. The van der Waals surface area contributed by atoms with Crippen LogP contribution in [0.15, 0.2) is 60.7 Å². The predicted octanol–water partition coefficient (Wildman–Crippen LogP) is 3.37. The summed E-state index contributed by atoms with van der Waals surface area (Å²) >= 11 is 0. The lowest BCUT2D eigenvalue weighted by Gasteiger charge is -2.31. The standard InChI is InChI=1S/C21H23NO/c1-3-7-19(8-4-1)11-13-21(22-15-17-23-18-16-22)14-12-20-9-5-2-6-10-20/h1-10,21H,11,13,15-18H2. The van der Waals surface area contributed by atoms with Crippen LogP contribution in [0.25, 0.3) is 0 Å². The van der Waals surface area contributed by atoms with Crippen LogP contribution >= 0.6 is 0 Å². The molecule has 0 saturated carbocycles. The van der Waals surface area contributed by atoms with E-state index in [1.807, 2.05) is 18.2 Å². The minimum absolute atomic E-state index is 0.291. The molecule has 1 aliphatic rings. The van der Waals surface area contributed by atoms with Crippen molar-refractivity contribution >= 4 is 0 Å². The van der Waals surface area contributed by atoms with Gasteiger partial charge in [-0.2, -0.15) is 0 Å². The molecule has 0 N–H and O–H groups in total. The average Bonchev–Trinajstić information content (AvgIpc) is 2.64. The van der Waals surface area contributed by atoms with Gasteiger partial charge in [-0.25, -0.2) is 0 Å². The van der Waals surface area contributed by atoms with Gasteiger partial charge in [-0.1, -0.05) is 60.4 Å². The number of ether oxygens (including phenoxy) is 1. The number of aryl methyl sites for hydroxylation is 1. The SMILES string of the molecule is C(#CC(CCc1ccccc1)N1CCOCC1)c1ccccc1. The van der Waals surface area contributed by atoms with E-state index < -0.39 is 0 Å². The number of morpholine rings is 1. The summed E-state index contributed by atoms with van der Waals surface area (Å²) in [5.74, 6) is 6.84. The van der Waals surface area contributed by atoms with Crippen LogP contribution in [-0.4, -0.2) is 37.2 Å². The van der Waals surface area contributed by atoms with Crippen molar-refractivity contribution in [3.05, 3.63) is 71.8 Å². The average molecular weight is 305 g/mol. The van der Waals surface area contributed by atoms with Crippen LogP contribution in [-0.2, 0) is 11.2 Å². The van der Waals surface area contributed by atoms with Gasteiger partial charge >= 0.3 is 0 Å². The maximum Gasteiger partial charge on any atom is 0.0723 e. The van der Waals surface area contributed by atoms with Crippen molar-refractivity contribution in [1.29, 1.82) is 0 Å². The van der Waals surface area contributed by atoms with Crippen LogP contribution in [0.5, 0.6) is 0 Å². The molecule has 0 amide bonds. The second kappa shape index (κ2) is 8.53. The molecular weight excluding hydrogens is 282 g/mol. The molecule has 0 aromatic heterocycles. The molecule has 0 bridgehead atoms. The van der Waals surface area contributed by atoms with Gasteiger partial charge in [0.25, 0.3) is 0 Å². The molecule has 1 atom stereocenters. The van der Waals surface area contributed by atoms with Crippen LogP contribution in [0.1, 0.15) is 17.5 Å². The van der Waals surface area contributed by atoms with E-state index in [4.69, 9.17) is 4.74 Å². The molecular formula is C21H23NO. The first-order valence-electron chi connectivity index (χ1n) is 8.34. The predicted molar refractivity (Wildman–Crippen MR) is 94.3 cm³/mol. The van der Waals surface area contributed by atoms with Gasteiger partial charge in [0, 0.05) is 18.7 Å². The Hall–Kier alpha value is -2.08. The summed E-state index contributed by atoms with van der Waals surface area (Å²) in [6, 6.07) is 21.2. The highest BCUT2D eigenvalue weighted by Gasteiger charge is 2.19. The Kier molecular flexibility index (Phi) is 5.86. The fraction of sp³-hybridized carbons (Fsp3) is 0.333. The van der Waals surface area contributed by atoms with Crippen molar-refractivity contribution in [2.45, 2.75) is 18.9 Å². The van der Waals surface area contributed by atoms with Gasteiger partial charge in [-0.05, 0) is 30.5 Å². The van der Waals surface area contributed by atoms with Crippen molar-refractivity contribution in [3.63, 3.8) is 0 Å². The van der Waals surface area contributed by atoms with Gasteiger partial charge in [0.2, 0.25) is 0 Å². The third-order valence-corrected chi connectivity index (χ3v) is 4.19. The number of hydrogen-bond donors (Lipinski definition) is 0. The zero-order valence-electron chi connectivity index (χ0n) is 13.4. The third kappa shape index (κ3) is 4.96. The smallest absolute Gasteiger partial charge is 0.0723 e. The molecule has 3 rings (SSSR count). The Morgan fingerprint density at radius 2 is 1.57 bits per heavy atom. The molecule has 2 aromatic carbocycles. The molecule has 1 unspecified atom stereocenters. The normalized spacial score (nSPS) is 16.3. The highest BCUT2D eigenvalue weighted by molar-refractivity contribution is 5.35. The molecule has 0 spiro atoms. The quantitative estimate of drug-likeness (QED) is 0.803. The molecule has 2 nitrogen and oxygen atoms in total. The molecule has 0 radical (unpaired) electrons. The minimum atomic E-state index is 0.291. The van der Waals surface area contributed by atoms with Gasteiger partial charge in [-0.15, -0.1) is 0 Å². The zero-order valence-corrected chi connectivity index (χ0v) is 13.4. The van der Waals surface area contributed by atoms with E-state index in [1.54, 1.807) is 0 Å². The molecule has 0 aliphatic carbocycles. The molecule has 1 fully saturated rings. The fourth-order valence-electron chi connectivity index (χ4n) is 2.87. The lowest BCUT2D eigenvalue weighted by atomic mass is 10.0. The van der Waals surface area contributed by atoms with Crippen LogP contribution in [0.2, 0.25) is 0 Å². The largest absolute Gasteiger partial charge is 0.379 e. The van der Waals surface area contributed by atoms with Gasteiger partial charge in [0.15, 0.2) is 0 Å². The van der Waals surface area contributed by atoms with E-state index in [-0.39, 0.29) is 0 Å². The summed E-state index contributed by atoms with van der Waals surface area (Å²) in [7, 11) is 0. The first-order valence-corrected chi connectivity index (χ1v) is 8.34. The maximum absolute atomic E-state index is 5.49. The molecule has 1 saturated heterocycles. The van der Waals surface area contributed by atoms with Gasteiger partial charge in [-0.3, -0.25) is 4.90 Å². The number of nitrogens with zero attached hydrogens (tertiary/aromatic N) is 1. The summed E-state index contributed by atoms with van der Waals surface area (Å²) in [6.45, 7) is 3.58. The zero-order chi connectivity index (χ0) is 15.7. The van der Waals surface area contributed by atoms with E-state index >= 15 is 0 Å². The first kappa shape index (κ1) is 15.8. The van der Waals surface area contributed by atoms with E-state index in [0.717, 1.165) is 44.7 Å². The van der Waals surface area contributed by atoms with Crippen LogP contribution in [0, 0.1) is 11.8 Å². The van der Waals surface area contributed by atoms with Crippen molar-refractivity contribution in [3.8, 4) is 11.8 Å². The Labute approximate surface area is 139 Å². The fourth-order valence-corrected chi connectivity index (χ4v) is 2.87. The van der Waals surface area contributed by atoms with Gasteiger partial charge in [0.1, 0.15) is 0 Å². The first-order chi connectivity index (χ1) is 11.4. The van der Waals surface area contributed by atoms with Crippen molar-refractivity contribution in [1.82, 2.24) is 4.90 Å². The lowest BCUT2D eigenvalue weighted by molar-refractivity contribution is 0.0260. The molecule has 2 aromatic rings. The Morgan fingerprint density at radius 3 is 2.26 bits per heavy atom. The maximum atomic E-state index is 5.49. The van der Waals surface area contributed by atoms with E-state index in [9.17, 15) is 0 Å². The second-order valence-corrected chi connectivity index (χ2v) is 5.82. The number of rotatable bonds is 4. The summed E-state index contributed by atoms with van der Waals surface area (Å²) in [4.78, 5) is 2.46. The highest BCUT2D eigenvalue weighted by atomic mass is 16.5. The monoisotopic (exact) mass is 305 g/mol. The minimum Gasteiger partial charge on any atom is -0.379 e. The summed E-state index contributed by atoms with van der Waals surface area (Å²) in [6.07, 6.45) is 2.12. The van der Waals surface area contributed by atoms with Crippen LogP contribution in [0.4, 0.5) is 0 Å². The second-order valence-electron chi connectivity index (χ2n) is 5.82. The molecule has 23 heavy (non-hydrogen) atoms. The van der Waals surface area contributed by atoms with Gasteiger partial charge in [0.05, 0.1) is 19.3 Å². The Morgan fingerprint density at radius 1 is 0.913 bits per heavy atom. The molecule has 1 heterocycles. The number of hydrogen-bond acceptors (Lipinski definition) is 2. The third-order valence-electron chi connectivity index (χ3n) is 4.19. The van der Waals surface area contributed by atoms with Crippen molar-refractivity contribution in [2.75, 3.05) is 26.3 Å². The molecule has 118 valence electrons. The van der Waals surface area contributed by atoms with E-state index in [2.05, 4.69) is 59.2 Å². The summed E-state index contributed by atoms with van der Waals surface area (Å²) in [5.41, 5.74) is 2.47. The van der Waals surface area contributed by atoms with E-state index in [0.29, 0.717) is 6.04 Å². The molecule has 2 heteroatoms. The van der Waals surface area contributed by atoms with Crippen molar-refractivity contribution in [2.24, 2.45) is 0 Å². The Bertz CT molecular complexity index is 636. The summed E-state index contributed by atoms with van der Waals surface area (Å²) in [5, 5.41) is 0. The summed E-state index contributed by atoms with van der Waals surface area (Å²) < 4.78 is 5.49. The van der Waals surface area contributed by atoms with Gasteiger partial charge < -0.3 is 4.74 Å². The van der Waals surface area contributed by atoms with Crippen LogP contribution < -0.4 is 0 Å². The molecule has 1 aliphatic heterocycles. The highest BCUT2D eigenvalue weighted by Crippen LogP contribution is 2.12. The lowest BCUT2D eigenvalue weighted by Crippen LogP contribution is -2.43. The topological polar surface area (TPSA) is 12.5 Å².